The highest BCUT2D eigenvalue weighted by atomic mass is 19.1. The summed E-state index contributed by atoms with van der Waals surface area (Å²) < 4.78 is 23.7. The SMILES string of the molecule is COc1ccc(NC(=O)CN2CCN(c3ccnc(F)c3)CC2)cc1OC. The number of piperazine rings is 1. The number of nitrogens with zero attached hydrogens (tertiary/aromatic N) is 3. The Hall–Kier alpha value is -2.87. The Morgan fingerprint density at radius 1 is 1.11 bits per heavy atom. The number of hydrogen-bond donors (Lipinski definition) is 1. The van der Waals surface area contributed by atoms with Crippen molar-refractivity contribution in [3.05, 3.63) is 42.5 Å². The van der Waals surface area contributed by atoms with Crippen molar-refractivity contribution >= 4 is 17.3 Å². The van der Waals surface area contributed by atoms with Gasteiger partial charge in [0.25, 0.3) is 0 Å². The molecule has 0 aliphatic carbocycles. The average Bonchev–Trinajstić information content (AvgIpc) is 2.68. The van der Waals surface area contributed by atoms with Gasteiger partial charge >= 0.3 is 0 Å². The molecule has 0 saturated carbocycles. The Labute approximate surface area is 157 Å². The molecular weight excluding hydrogens is 351 g/mol. The van der Waals surface area contributed by atoms with Gasteiger partial charge in [-0.3, -0.25) is 9.69 Å². The van der Waals surface area contributed by atoms with Gasteiger partial charge in [-0.1, -0.05) is 0 Å². The number of nitrogens with one attached hydrogen (secondary N) is 1. The number of pyridine rings is 1. The number of carbonyl (C=O) groups is 1. The summed E-state index contributed by atoms with van der Waals surface area (Å²) in [5.41, 5.74) is 1.47. The van der Waals surface area contributed by atoms with Crippen LogP contribution in [0.1, 0.15) is 0 Å². The normalized spacial score (nSPS) is 14.7. The van der Waals surface area contributed by atoms with Gasteiger partial charge in [-0.15, -0.1) is 0 Å². The number of hydrogen-bond acceptors (Lipinski definition) is 6. The lowest BCUT2D eigenvalue weighted by Crippen LogP contribution is -2.48. The number of methoxy groups -OCH3 is 2. The van der Waals surface area contributed by atoms with Crippen LogP contribution in [0.15, 0.2) is 36.5 Å². The lowest BCUT2D eigenvalue weighted by Gasteiger charge is -2.35. The predicted molar refractivity (Wildman–Crippen MR) is 101 cm³/mol. The molecule has 0 unspecified atom stereocenters. The fourth-order valence-corrected chi connectivity index (χ4v) is 3.07. The second-order valence-corrected chi connectivity index (χ2v) is 6.22. The van der Waals surface area contributed by atoms with Crippen molar-refractivity contribution in [2.45, 2.75) is 0 Å². The quantitative estimate of drug-likeness (QED) is 0.780. The van der Waals surface area contributed by atoms with Crippen LogP contribution in [0, 0.1) is 5.95 Å². The summed E-state index contributed by atoms with van der Waals surface area (Å²) in [6.07, 6.45) is 1.47. The van der Waals surface area contributed by atoms with Crippen LogP contribution in [-0.4, -0.2) is 62.7 Å². The largest absolute Gasteiger partial charge is 0.493 e. The molecule has 7 nitrogen and oxygen atoms in total. The molecule has 0 spiro atoms. The maximum atomic E-state index is 13.3. The number of amides is 1. The van der Waals surface area contributed by atoms with Crippen molar-refractivity contribution < 1.29 is 18.7 Å². The lowest BCUT2D eigenvalue weighted by molar-refractivity contribution is -0.117. The Morgan fingerprint density at radius 3 is 2.52 bits per heavy atom. The first-order chi connectivity index (χ1) is 13.1. The molecule has 1 aromatic heterocycles. The van der Waals surface area contributed by atoms with E-state index < -0.39 is 5.95 Å². The van der Waals surface area contributed by atoms with Crippen LogP contribution >= 0.6 is 0 Å². The maximum Gasteiger partial charge on any atom is 0.238 e. The van der Waals surface area contributed by atoms with Crippen LogP contribution in [0.25, 0.3) is 0 Å². The number of aromatic nitrogens is 1. The van der Waals surface area contributed by atoms with Crippen LogP contribution in [0.2, 0.25) is 0 Å². The number of carbonyl (C=O) groups excluding carboxylic acids is 1. The first-order valence-electron chi connectivity index (χ1n) is 8.70. The summed E-state index contributed by atoms with van der Waals surface area (Å²) in [7, 11) is 3.12. The first-order valence-corrected chi connectivity index (χ1v) is 8.70. The fourth-order valence-electron chi connectivity index (χ4n) is 3.07. The molecule has 2 heterocycles. The monoisotopic (exact) mass is 374 g/mol. The number of benzene rings is 1. The Balaban J connectivity index is 1.51. The van der Waals surface area contributed by atoms with Crippen LogP contribution in [0.4, 0.5) is 15.8 Å². The minimum absolute atomic E-state index is 0.0920. The minimum atomic E-state index is -0.482. The van der Waals surface area contributed by atoms with Crippen molar-refractivity contribution in [2.75, 3.05) is 57.2 Å². The fraction of sp³-hybridized carbons (Fsp3) is 0.368. The van der Waals surface area contributed by atoms with Crippen molar-refractivity contribution in [1.82, 2.24) is 9.88 Å². The standard InChI is InChI=1S/C19H23FN4O3/c1-26-16-4-3-14(11-17(16)27-2)22-19(25)13-23-7-9-24(10-8-23)15-5-6-21-18(20)12-15/h3-6,11-12H,7-10,13H2,1-2H3,(H,22,25). The van der Waals surface area contributed by atoms with Gasteiger partial charge in [-0.05, 0) is 18.2 Å². The third-order valence-electron chi connectivity index (χ3n) is 4.48. The summed E-state index contributed by atoms with van der Waals surface area (Å²) in [5, 5.41) is 2.88. The van der Waals surface area contributed by atoms with E-state index in [1.54, 1.807) is 38.5 Å². The van der Waals surface area contributed by atoms with E-state index in [1.807, 2.05) is 0 Å². The van der Waals surface area contributed by atoms with E-state index in [9.17, 15) is 9.18 Å². The van der Waals surface area contributed by atoms with E-state index in [0.717, 1.165) is 31.9 Å². The Kier molecular flexibility index (Phi) is 6.08. The molecule has 1 amide bonds. The maximum absolute atomic E-state index is 13.3. The average molecular weight is 374 g/mol. The second kappa shape index (κ2) is 8.68. The van der Waals surface area contributed by atoms with E-state index in [-0.39, 0.29) is 5.91 Å². The second-order valence-electron chi connectivity index (χ2n) is 6.22. The number of ether oxygens (including phenoxy) is 2. The number of halogens is 1. The summed E-state index contributed by atoms with van der Waals surface area (Å²) in [5.74, 6) is 0.600. The van der Waals surface area contributed by atoms with E-state index in [0.29, 0.717) is 23.7 Å². The molecule has 144 valence electrons. The molecule has 1 aliphatic heterocycles. The molecular formula is C19H23FN4O3. The van der Waals surface area contributed by atoms with E-state index in [1.165, 1.54) is 12.3 Å². The van der Waals surface area contributed by atoms with Crippen molar-refractivity contribution in [3.8, 4) is 11.5 Å². The highest BCUT2D eigenvalue weighted by Crippen LogP contribution is 2.29. The van der Waals surface area contributed by atoms with E-state index >= 15 is 0 Å². The highest BCUT2D eigenvalue weighted by Gasteiger charge is 2.20. The van der Waals surface area contributed by atoms with Gasteiger partial charge in [0, 0.05) is 55.9 Å². The summed E-state index contributed by atoms with van der Waals surface area (Å²) >= 11 is 0. The van der Waals surface area contributed by atoms with Crippen LogP contribution in [-0.2, 0) is 4.79 Å². The Bertz CT molecular complexity index is 794. The topological polar surface area (TPSA) is 66.9 Å². The van der Waals surface area contributed by atoms with Gasteiger partial charge in [-0.25, -0.2) is 4.98 Å². The molecule has 1 saturated heterocycles. The van der Waals surface area contributed by atoms with Gasteiger partial charge in [0.15, 0.2) is 11.5 Å². The zero-order valence-electron chi connectivity index (χ0n) is 15.4. The van der Waals surface area contributed by atoms with Crippen molar-refractivity contribution in [3.63, 3.8) is 0 Å². The van der Waals surface area contributed by atoms with E-state index in [2.05, 4.69) is 20.1 Å². The summed E-state index contributed by atoms with van der Waals surface area (Å²) in [6.45, 7) is 3.21. The lowest BCUT2D eigenvalue weighted by atomic mass is 10.2. The highest BCUT2D eigenvalue weighted by molar-refractivity contribution is 5.92. The van der Waals surface area contributed by atoms with E-state index in [4.69, 9.17) is 9.47 Å². The van der Waals surface area contributed by atoms with Crippen molar-refractivity contribution in [1.29, 1.82) is 0 Å². The number of anilines is 2. The summed E-state index contributed by atoms with van der Waals surface area (Å²) in [4.78, 5) is 20.1. The number of rotatable bonds is 6. The molecule has 1 aromatic carbocycles. The van der Waals surface area contributed by atoms with Crippen LogP contribution < -0.4 is 19.7 Å². The molecule has 0 atom stereocenters. The zero-order chi connectivity index (χ0) is 19.2. The molecule has 1 aliphatic rings. The van der Waals surface area contributed by atoms with Gasteiger partial charge in [0.05, 0.1) is 20.8 Å². The molecule has 1 N–H and O–H groups in total. The van der Waals surface area contributed by atoms with Gasteiger partial charge < -0.3 is 19.7 Å². The zero-order valence-corrected chi connectivity index (χ0v) is 15.4. The third-order valence-corrected chi connectivity index (χ3v) is 4.48. The molecule has 1 fully saturated rings. The van der Waals surface area contributed by atoms with Gasteiger partial charge in [-0.2, -0.15) is 4.39 Å². The molecule has 0 bridgehead atoms. The summed E-state index contributed by atoms with van der Waals surface area (Å²) in [6, 6.07) is 8.48. The van der Waals surface area contributed by atoms with Crippen molar-refractivity contribution in [2.24, 2.45) is 0 Å². The minimum Gasteiger partial charge on any atom is -0.493 e. The molecule has 27 heavy (non-hydrogen) atoms. The molecule has 0 radical (unpaired) electrons. The predicted octanol–water partition coefficient (Wildman–Crippen LogP) is 2.00. The van der Waals surface area contributed by atoms with Gasteiger partial charge in [0.1, 0.15) is 0 Å². The third kappa shape index (κ3) is 4.85. The smallest absolute Gasteiger partial charge is 0.238 e. The molecule has 2 aromatic rings. The van der Waals surface area contributed by atoms with Crippen LogP contribution in [0.5, 0.6) is 11.5 Å². The Morgan fingerprint density at radius 2 is 1.85 bits per heavy atom. The molecule has 3 rings (SSSR count). The molecule has 8 heteroatoms. The van der Waals surface area contributed by atoms with Gasteiger partial charge in [0.2, 0.25) is 11.9 Å². The van der Waals surface area contributed by atoms with Crippen LogP contribution in [0.3, 0.4) is 0 Å². The first kappa shape index (κ1) is 18.9.